The number of esters is 1. The van der Waals surface area contributed by atoms with Crippen LogP contribution < -0.4 is 4.74 Å². The summed E-state index contributed by atoms with van der Waals surface area (Å²) in [5.41, 5.74) is -0.810. The first-order chi connectivity index (χ1) is 26.0. The number of benzene rings is 1. The molecule has 0 spiro atoms. The average molecular weight is 897 g/mol. The lowest BCUT2D eigenvalue weighted by Gasteiger charge is -2.44. The van der Waals surface area contributed by atoms with Crippen molar-refractivity contribution in [1.82, 2.24) is 0 Å². The topological polar surface area (TPSA) is 65.0 Å². The highest BCUT2D eigenvalue weighted by Gasteiger charge is 2.95. The molecule has 338 valence electrons. The van der Waals surface area contributed by atoms with Gasteiger partial charge in [0.2, 0.25) is 0 Å². The minimum absolute atomic E-state index is 0.186. The third-order valence-electron chi connectivity index (χ3n) is 9.72. The molecule has 0 saturated carbocycles. The molecule has 0 radical (unpaired) electrons. The number of rotatable bonds is 23. The van der Waals surface area contributed by atoms with Crippen LogP contribution in [-0.2, 0) is 14.0 Å². The number of hydrogen-bond acceptors (Lipinski definition) is 5. The number of carbonyl (C=O) groups excluding carboxylic acids is 1. The van der Waals surface area contributed by atoms with E-state index >= 15 is 0 Å². The molecule has 0 aromatic heterocycles. The molecule has 1 aromatic carbocycles. The van der Waals surface area contributed by atoms with Crippen LogP contribution in [0.15, 0.2) is 35.9 Å². The van der Waals surface area contributed by atoms with E-state index in [2.05, 4.69) is 0 Å². The molecule has 5 nitrogen and oxygen atoms in total. The highest BCUT2D eigenvalue weighted by molar-refractivity contribution is 6.76. The van der Waals surface area contributed by atoms with Crippen molar-refractivity contribution in [3.8, 4) is 5.75 Å². The van der Waals surface area contributed by atoms with E-state index in [4.69, 9.17) is 13.9 Å². The van der Waals surface area contributed by atoms with Crippen molar-refractivity contribution >= 4 is 14.3 Å². The molecule has 0 aliphatic rings. The zero-order valence-corrected chi connectivity index (χ0v) is 33.2. The Labute approximate surface area is 324 Å². The third kappa shape index (κ3) is 10.4. The molecule has 1 rings (SSSR count). The number of alkyl halides is 17. The molecule has 1 aromatic rings. The van der Waals surface area contributed by atoms with Gasteiger partial charge in [0.1, 0.15) is 12.4 Å². The van der Waals surface area contributed by atoms with Gasteiger partial charge in [0.25, 0.3) is 0 Å². The summed E-state index contributed by atoms with van der Waals surface area (Å²) < 4.78 is 251. The number of aliphatic hydroxyl groups is 1. The van der Waals surface area contributed by atoms with Gasteiger partial charge in [-0.1, -0.05) is 52.8 Å². The number of halogens is 17. The van der Waals surface area contributed by atoms with Crippen LogP contribution in [0.1, 0.15) is 79.4 Å². The molecule has 0 amide bonds. The van der Waals surface area contributed by atoms with Crippen molar-refractivity contribution in [2.45, 2.75) is 139 Å². The SMILES string of the molecule is CCOC(=O)/C(C)=C/CC[C@H](C)[C@@H](O)c1ccc(OCCO[Si](CCC(F)(F)C(F)(F)C(F)(F)C(F)(F)C(F)(F)C(F)(F)C(F)(F)C(F)(F)F)(C(C)C)C(C)C)cc1. The first-order valence-corrected chi connectivity index (χ1v) is 19.9. The van der Waals surface area contributed by atoms with Gasteiger partial charge in [0.05, 0.1) is 19.3 Å². The Bertz CT molecular complexity index is 1500. The second kappa shape index (κ2) is 18.8. The van der Waals surface area contributed by atoms with Gasteiger partial charge >= 0.3 is 53.6 Å². The second-order valence-electron chi connectivity index (χ2n) is 14.3. The number of hydrogen-bond donors (Lipinski definition) is 1. The van der Waals surface area contributed by atoms with E-state index < -0.39 is 98.2 Å². The summed E-state index contributed by atoms with van der Waals surface area (Å²) in [5.74, 6) is -57.2. The predicted molar refractivity (Wildman–Crippen MR) is 178 cm³/mol. The summed E-state index contributed by atoms with van der Waals surface area (Å²) in [6, 6.07) is 4.60. The van der Waals surface area contributed by atoms with E-state index in [-0.39, 0.29) is 24.9 Å². The lowest BCUT2D eigenvalue weighted by Crippen LogP contribution is -2.74. The molecular formula is C35H45F17O5Si. The maximum atomic E-state index is 14.9. The Morgan fingerprint density at radius 1 is 0.707 bits per heavy atom. The monoisotopic (exact) mass is 896 g/mol. The smallest absolute Gasteiger partial charge is 0.460 e. The van der Waals surface area contributed by atoms with Crippen molar-refractivity contribution in [2.24, 2.45) is 5.92 Å². The maximum Gasteiger partial charge on any atom is 0.460 e. The summed E-state index contributed by atoms with van der Waals surface area (Å²) in [7, 11) is -3.94. The Balaban J connectivity index is 3.14. The first kappa shape index (κ1) is 53.2. The standard InChI is InChI=1S/C35H45F17O5Si/c1-8-55-27(54)23(7)11-9-10-22(6)26(53)24-12-14-25(15-13-24)56-17-18-57-58(20(2)3,21(4)5)19-16-28(36,37)29(38,39)30(40,41)31(42,43)32(44,45)33(46,47)34(48,49)35(50,51)52/h11-15,20-22,26,53H,8-10,16-19H2,1-7H3/b23-11+/t22-,26+/m0/s1. The van der Waals surface area contributed by atoms with E-state index in [1.165, 1.54) is 52.0 Å². The fourth-order valence-corrected chi connectivity index (χ4v) is 10.4. The van der Waals surface area contributed by atoms with Crippen LogP contribution in [0.3, 0.4) is 0 Å². The molecule has 0 saturated heterocycles. The molecule has 58 heavy (non-hydrogen) atoms. The van der Waals surface area contributed by atoms with Crippen molar-refractivity contribution in [2.75, 3.05) is 19.8 Å². The molecular weight excluding hydrogens is 851 g/mol. The number of ether oxygens (including phenoxy) is 2. The summed E-state index contributed by atoms with van der Waals surface area (Å²) in [6.07, 6.45) is -8.67. The van der Waals surface area contributed by atoms with Crippen LogP contribution >= 0.6 is 0 Å². The van der Waals surface area contributed by atoms with Crippen LogP contribution in [0.2, 0.25) is 17.1 Å². The van der Waals surface area contributed by atoms with Gasteiger partial charge in [-0.2, -0.15) is 74.6 Å². The normalized spacial score (nSPS) is 15.9. The summed E-state index contributed by atoms with van der Waals surface area (Å²) in [6.45, 7) is 9.72. The minimum Gasteiger partial charge on any atom is -0.491 e. The fraction of sp³-hybridized carbons (Fsp3) is 0.743. The fourth-order valence-electron chi connectivity index (χ4n) is 5.89. The molecule has 0 heterocycles. The number of carbonyl (C=O) groups is 1. The van der Waals surface area contributed by atoms with Gasteiger partial charge in [-0.15, -0.1) is 0 Å². The minimum atomic E-state index is -8.68. The zero-order chi connectivity index (χ0) is 45.7. The van der Waals surface area contributed by atoms with Crippen LogP contribution in [0.25, 0.3) is 0 Å². The number of aliphatic hydroxyl groups excluding tert-OH is 1. The highest BCUT2D eigenvalue weighted by Crippen LogP contribution is 2.64. The molecule has 0 aliphatic carbocycles. The third-order valence-corrected chi connectivity index (χ3v) is 15.4. The lowest BCUT2D eigenvalue weighted by molar-refractivity contribution is -0.461. The predicted octanol–water partition coefficient (Wildman–Crippen LogP) is 12.2. The molecule has 2 atom stereocenters. The van der Waals surface area contributed by atoms with Crippen molar-refractivity contribution in [3.05, 3.63) is 41.5 Å². The average Bonchev–Trinajstić information content (AvgIpc) is 3.09. The zero-order valence-electron chi connectivity index (χ0n) is 32.2. The summed E-state index contributed by atoms with van der Waals surface area (Å²) in [4.78, 5) is 11.7. The van der Waals surface area contributed by atoms with E-state index in [9.17, 15) is 84.5 Å². The van der Waals surface area contributed by atoms with Crippen LogP contribution in [0.4, 0.5) is 74.6 Å². The Kier molecular flexibility index (Phi) is 17.3. The Hall–Kier alpha value is -2.82. The van der Waals surface area contributed by atoms with Gasteiger partial charge in [-0.25, -0.2) is 4.79 Å². The van der Waals surface area contributed by atoms with Gasteiger partial charge in [0, 0.05) is 12.0 Å². The van der Waals surface area contributed by atoms with Gasteiger partial charge in [-0.05, 0) is 67.4 Å². The highest BCUT2D eigenvalue weighted by atomic mass is 28.4. The first-order valence-electron chi connectivity index (χ1n) is 17.6. The second-order valence-corrected chi connectivity index (χ2v) is 19.3. The van der Waals surface area contributed by atoms with E-state index in [0.29, 0.717) is 24.0 Å². The Morgan fingerprint density at radius 3 is 1.59 bits per heavy atom. The van der Waals surface area contributed by atoms with Gasteiger partial charge in [0.15, 0.2) is 8.32 Å². The quantitative estimate of drug-likeness (QED) is 0.0390. The molecule has 0 aliphatic heterocycles. The molecule has 0 bridgehead atoms. The summed E-state index contributed by atoms with van der Waals surface area (Å²) in [5, 5.41) is 10.7. The number of allylic oxidation sites excluding steroid dienone is 1. The van der Waals surface area contributed by atoms with E-state index in [0.717, 1.165) is 0 Å². The van der Waals surface area contributed by atoms with Crippen LogP contribution in [0, 0.1) is 5.92 Å². The summed E-state index contributed by atoms with van der Waals surface area (Å²) >= 11 is 0. The van der Waals surface area contributed by atoms with Crippen LogP contribution in [-0.4, -0.2) is 86.8 Å². The largest absolute Gasteiger partial charge is 0.491 e. The van der Waals surface area contributed by atoms with Gasteiger partial charge < -0.3 is 19.0 Å². The molecule has 0 unspecified atom stereocenters. The maximum absolute atomic E-state index is 14.9. The lowest BCUT2D eigenvalue weighted by atomic mass is 9.88. The Morgan fingerprint density at radius 2 is 1.16 bits per heavy atom. The van der Waals surface area contributed by atoms with Crippen molar-refractivity contribution in [3.63, 3.8) is 0 Å². The van der Waals surface area contributed by atoms with Crippen LogP contribution in [0.5, 0.6) is 5.75 Å². The molecule has 1 N–H and O–H groups in total. The van der Waals surface area contributed by atoms with Gasteiger partial charge in [-0.3, -0.25) is 0 Å². The van der Waals surface area contributed by atoms with E-state index in [1.807, 2.05) is 0 Å². The van der Waals surface area contributed by atoms with Crippen molar-refractivity contribution in [1.29, 1.82) is 0 Å². The van der Waals surface area contributed by atoms with E-state index in [1.54, 1.807) is 26.8 Å². The molecule has 0 fully saturated rings. The van der Waals surface area contributed by atoms with Crippen molar-refractivity contribution < 1.29 is 98.4 Å². The molecule has 23 heteroatoms.